The molecule has 2 amide bonds. The second-order valence-corrected chi connectivity index (χ2v) is 11.4. The van der Waals surface area contributed by atoms with Gasteiger partial charge in [0.05, 0.1) is 11.0 Å². The predicted molar refractivity (Wildman–Crippen MR) is 165 cm³/mol. The van der Waals surface area contributed by atoms with E-state index in [9.17, 15) is 19.8 Å². The second kappa shape index (κ2) is 14.0. The van der Waals surface area contributed by atoms with Crippen molar-refractivity contribution >= 4 is 76.9 Å². The van der Waals surface area contributed by atoms with Crippen LogP contribution in [0.25, 0.3) is 21.8 Å². The molecule has 41 heavy (non-hydrogen) atoms. The normalized spacial score (nSPS) is 12.0. The molecule has 2 aromatic carbocycles. The molecule has 0 aliphatic rings. The van der Waals surface area contributed by atoms with Crippen molar-refractivity contribution in [1.29, 1.82) is 0 Å². The first-order valence-electron chi connectivity index (χ1n) is 13.7. The fraction of sp³-hybridized carbons (Fsp3) is 0.379. The summed E-state index contributed by atoms with van der Waals surface area (Å²) in [6.07, 6.45) is 4.36. The maximum atomic E-state index is 12.3. The second-order valence-electron chi connectivity index (χ2n) is 9.61. The number of aromatic hydroxyl groups is 2. The Bertz CT molecular complexity index is 1520. The van der Waals surface area contributed by atoms with Crippen molar-refractivity contribution in [1.82, 2.24) is 9.13 Å². The SMILES string of the molecule is CCn1c(O)c(N=NC(=O)CCCCCCCC(=O)N=Nc2c(O)n(CC)c3ccc(Br)cc23)c2cc(Br)ccc21. The van der Waals surface area contributed by atoms with E-state index < -0.39 is 0 Å². The molecule has 0 fully saturated rings. The topological polar surface area (TPSA) is 134 Å². The Kier molecular flexibility index (Phi) is 10.4. The van der Waals surface area contributed by atoms with Crippen LogP contribution in [0.5, 0.6) is 11.8 Å². The van der Waals surface area contributed by atoms with Crippen molar-refractivity contribution in [2.24, 2.45) is 20.5 Å². The smallest absolute Gasteiger partial charge is 0.264 e. The number of carbonyl (C=O) groups excluding carboxylic acids is 2. The third kappa shape index (κ3) is 7.10. The Balaban J connectivity index is 1.20. The molecule has 0 saturated carbocycles. The highest BCUT2D eigenvalue weighted by molar-refractivity contribution is 9.10. The third-order valence-corrected chi connectivity index (χ3v) is 7.87. The molecule has 0 spiro atoms. The number of rotatable bonds is 12. The number of aromatic nitrogens is 2. The van der Waals surface area contributed by atoms with Crippen molar-refractivity contribution in [3.63, 3.8) is 0 Å². The van der Waals surface area contributed by atoms with Crippen LogP contribution in [0.3, 0.4) is 0 Å². The van der Waals surface area contributed by atoms with E-state index in [1.807, 2.05) is 50.2 Å². The summed E-state index contributed by atoms with van der Waals surface area (Å²) in [5.41, 5.74) is 2.23. The van der Waals surface area contributed by atoms with E-state index in [-0.39, 0.29) is 47.8 Å². The summed E-state index contributed by atoms with van der Waals surface area (Å²) in [5.74, 6) is -0.702. The number of aryl methyl sites for hydroxylation is 2. The molecular weight excluding hydrogens is 656 g/mol. The zero-order chi connectivity index (χ0) is 29.5. The monoisotopic (exact) mass is 686 g/mol. The van der Waals surface area contributed by atoms with Crippen molar-refractivity contribution in [3.8, 4) is 11.8 Å². The van der Waals surface area contributed by atoms with Crippen LogP contribution < -0.4 is 0 Å². The van der Waals surface area contributed by atoms with Crippen molar-refractivity contribution in [3.05, 3.63) is 45.3 Å². The van der Waals surface area contributed by atoms with Gasteiger partial charge in [-0.25, -0.2) is 0 Å². The number of carbonyl (C=O) groups is 2. The Labute approximate surface area is 254 Å². The minimum absolute atomic E-state index is 0.0104. The van der Waals surface area contributed by atoms with E-state index in [4.69, 9.17) is 0 Å². The molecule has 4 rings (SSSR count). The molecule has 4 aromatic rings. The number of nitrogens with zero attached hydrogens (tertiary/aromatic N) is 6. The fourth-order valence-electron chi connectivity index (χ4n) is 4.82. The molecule has 2 N–H and O–H groups in total. The maximum absolute atomic E-state index is 12.3. The van der Waals surface area contributed by atoms with Gasteiger partial charge in [0, 0.05) is 45.6 Å². The number of azo groups is 2. The van der Waals surface area contributed by atoms with Gasteiger partial charge in [-0.3, -0.25) is 9.59 Å². The summed E-state index contributed by atoms with van der Waals surface area (Å²) < 4.78 is 5.14. The van der Waals surface area contributed by atoms with Crippen LogP contribution in [-0.4, -0.2) is 31.2 Å². The van der Waals surface area contributed by atoms with E-state index in [0.717, 1.165) is 50.0 Å². The molecule has 216 valence electrons. The summed E-state index contributed by atoms with van der Waals surface area (Å²) in [4.78, 5) is 24.5. The van der Waals surface area contributed by atoms with Crippen molar-refractivity contribution in [2.75, 3.05) is 0 Å². The molecule has 2 aromatic heterocycles. The molecule has 0 unspecified atom stereocenters. The van der Waals surface area contributed by atoms with Gasteiger partial charge in [-0.15, -0.1) is 20.5 Å². The third-order valence-electron chi connectivity index (χ3n) is 6.88. The lowest BCUT2D eigenvalue weighted by Gasteiger charge is -2.01. The molecule has 0 radical (unpaired) electrons. The van der Waals surface area contributed by atoms with Gasteiger partial charge in [-0.2, -0.15) is 0 Å². The molecule has 0 saturated heterocycles. The minimum Gasteiger partial charge on any atom is -0.493 e. The molecule has 0 atom stereocenters. The lowest BCUT2D eigenvalue weighted by Crippen LogP contribution is -1.94. The molecule has 0 aliphatic heterocycles. The lowest BCUT2D eigenvalue weighted by atomic mass is 10.1. The first kappa shape index (κ1) is 30.6. The van der Waals surface area contributed by atoms with Gasteiger partial charge in [0.25, 0.3) is 11.8 Å². The van der Waals surface area contributed by atoms with Gasteiger partial charge < -0.3 is 19.3 Å². The van der Waals surface area contributed by atoms with Crippen LogP contribution in [0.15, 0.2) is 65.8 Å². The Morgan fingerprint density at radius 2 is 1.07 bits per heavy atom. The van der Waals surface area contributed by atoms with Gasteiger partial charge in [-0.1, -0.05) is 51.1 Å². The first-order chi connectivity index (χ1) is 19.7. The number of hydrogen-bond donors (Lipinski definition) is 2. The molecule has 12 heteroatoms. The maximum Gasteiger partial charge on any atom is 0.264 e. The van der Waals surface area contributed by atoms with Gasteiger partial charge in [0.15, 0.2) is 11.4 Å². The van der Waals surface area contributed by atoms with E-state index in [0.29, 0.717) is 25.9 Å². The highest BCUT2D eigenvalue weighted by Crippen LogP contribution is 2.41. The summed E-state index contributed by atoms with van der Waals surface area (Å²) in [6, 6.07) is 11.2. The first-order valence-corrected chi connectivity index (χ1v) is 15.2. The summed E-state index contributed by atoms with van der Waals surface area (Å²) in [6.45, 7) is 4.97. The summed E-state index contributed by atoms with van der Waals surface area (Å²) >= 11 is 6.87. The predicted octanol–water partition coefficient (Wildman–Crippen LogP) is 9.22. The zero-order valence-corrected chi connectivity index (χ0v) is 26.2. The molecule has 10 nitrogen and oxygen atoms in total. The molecule has 0 bridgehead atoms. The minimum atomic E-state index is -0.341. The number of unbranched alkanes of at least 4 members (excludes halogenated alkanes) is 4. The Morgan fingerprint density at radius 3 is 1.46 bits per heavy atom. The van der Waals surface area contributed by atoms with Gasteiger partial charge in [-0.05, 0) is 63.1 Å². The number of hydrogen-bond acceptors (Lipinski definition) is 6. The van der Waals surface area contributed by atoms with E-state index >= 15 is 0 Å². The van der Waals surface area contributed by atoms with Gasteiger partial charge in [0.2, 0.25) is 11.8 Å². The highest BCUT2D eigenvalue weighted by atomic mass is 79.9. The lowest BCUT2D eigenvalue weighted by molar-refractivity contribution is -0.119. The van der Waals surface area contributed by atoms with Gasteiger partial charge >= 0.3 is 0 Å². The van der Waals surface area contributed by atoms with Crippen LogP contribution >= 0.6 is 31.9 Å². The van der Waals surface area contributed by atoms with Crippen LogP contribution in [-0.2, 0) is 22.7 Å². The standard InChI is InChI=1S/C29H32Br2N6O4/c1-3-36-22-14-12-18(30)16-20(22)26(28(36)40)34-32-24(38)10-8-6-5-7-9-11-25(39)33-35-27-21-17-19(31)13-15-23(21)37(4-2)29(27)41/h12-17,40-41H,3-11H2,1-2H3. The quantitative estimate of drug-likeness (QED) is 0.113. The average Bonchev–Trinajstić information content (AvgIpc) is 3.37. The fourth-order valence-corrected chi connectivity index (χ4v) is 5.55. The van der Waals surface area contributed by atoms with Crippen LogP contribution in [0.4, 0.5) is 11.4 Å². The zero-order valence-electron chi connectivity index (χ0n) is 23.0. The van der Waals surface area contributed by atoms with E-state index in [1.165, 1.54) is 0 Å². The molecular formula is C29H32Br2N6O4. The molecule has 2 heterocycles. The Hall–Kier alpha value is -3.38. The Morgan fingerprint density at radius 1 is 0.683 bits per heavy atom. The van der Waals surface area contributed by atoms with Crippen molar-refractivity contribution < 1.29 is 19.8 Å². The van der Waals surface area contributed by atoms with E-state index in [2.05, 4.69) is 52.3 Å². The largest absolute Gasteiger partial charge is 0.493 e. The number of fused-ring (bicyclic) bond motifs is 2. The number of amides is 2. The number of benzene rings is 2. The van der Waals surface area contributed by atoms with Crippen LogP contribution in [0, 0.1) is 0 Å². The van der Waals surface area contributed by atoms with E-state index in [1.54, 1.807) is 9.13 Å². The highest BCUT2D eigenvalue weighted by Gasteiger charge is 2.17. The summed E-state index contributed by atoms with van der Waals surface area (Å²) in [7, 11) is 0. The average molecular weight is 688 g/mol. The number of halogens is 2. The van der Waals surface area contributed by atoms with Gasteiger partial charge in [0.1, 0.15) is 0 Å². The molecule has 0 aliphatic carbocycles. The van der Waals surface area contributed by atoms with Crippen LogP contribution in [0.2, 0.25) is 0 Å². The van der Waals surface area contributed by atoms with Crippen LogP contribution in [0.1, 0.15) is 58.8 Å². The summed E-state index contributed by atoms with van der Waals surface area (Å²) in [5, 5.41) is 38.4. The van der Waals surface area contributed by atoms with Crippen molar-refractivity contribution in [2.45, 2.75) is 71.9 Å².